The van der Waals surface area contributed by atoms with Crippen LogP contribution in [0.1, 0.15) is 57.0 Å². The van der Waals surface area contributed by atoms with Gasteiger partial charge in [0, 0.05) is 22.8 Å². The number of amides is 1. The minimum Gasteiger partial charge on any atom is -0.313 e. The zero-order chi connectivity index (χ0) is 20.4. The van der Waals surface area contributed by atoms with Crippen molar-refractivity contribution in [1.29, 1.82) is 0 Å². The fourth-order valence-electron chi connectivity index (χ4n) is 4.03. The first-order chi connectivity index (χ1) is 14.0. The topological polar surface area (TPSA) is 45.2 Å². The molecule has 1 atom stereocenters. The van der Waals surface area contributed by atoms with Crippen LogP contribution in [-0.4, -0.2) is 28.9 Å². The van der Waals surface area contributed by atoms with Crippen molar-refractivity contribution in [3.05, 3.63) is 68.5 Å². The maximum atomic E-state index is 12.8. The third-order valence-electron chi connectivity index (χ3n) is 5.88. The lowest BCUT2D eigenvalue weighted by Gasteiger charge is -2.37. The van der Waals surface area contributed by atoms with Crippen LogP contribution in [0, 0.1) is 19.8 Å². The molecule has 3 aromatic heterocycles. The number of thiophene rings is 2. The van der Waals surface area contributed by atoms with E-state index in [0.717, 1.165) is 28.9 Å². The molecule has 0 bridgehead atoms. The predicted molar refractivity (Wildman–Crippen MR) is 122 cm³/mol. The Kier molecular flexibility index (Phi) is 6.13. The maximum Gasteiger partial charge on any atom is 0.266 e. The highest BCUT2D eigenvalue weighted by molar-refractivity contribution is 7.17. The largest absolute Gasteiger partial charge is 0.313 e. The number of anilines is 1. The summed E-state index contributed by atoms with van der Waals surface area (Å²) in [5, 5.41) is 6.13. The molecule has 4 rings (SSSR count). The van der Waals surface area contributed by atoms with Crippen LogP contribution in [0.2, 0.25) is 0 Å². The van der Waals surface area contributed by atoms with Crippen LogP contribution in [0.15, 0.2) is 42.0 Å². The summed E-state index contributed by atoms with van der Waals surface area (Å²) in [6.45, 7) is 8.81. The Bertz CT molecular complexity index is 958. The van der Waals surface area contributed by atoms with Gasteiger partial charge in [0.25, 0.3) is 5.91 Å². The van der Waals surface area contributed by atoms with E-state index in [4.69, 9.17) is 0 Å². The second-order valence-corrected chi connectivity index (χ2v) is 10.0. The standard InChI is InChI=1S/C23H27N3OS2/c1-15-8-12-26(13-9-15)21(18-6-10-24-11-7-18)20-16(2)17(3)29-23(20)25-22(27)19-5-4-14-28-19/h4-7,10-11,14-15,21H,8-9,12-13H2,1-3H3,(H,25,27)/t21-/m1/s1. The van der Waals surface area contributed by atoms with Crippen molar-refractivity contribution in [2.24, 2.45) is 5.92 Å². The van der Waals surface area contributed by atoms with Gasteiger partial charge in [-0.1, -0.05) is 13.0 Å². The third kappa shape index (κ3) is 4.29. The molecule has 3 aromatic rings. The van der Waals surface area contributed by atoms with Crippen molar-refractivity contribution in [2.45, 2.75) is 39.7 Å². The molecule has 0 saturated carbocycles. The number of piperidine rings is 1. The van der Waals surface area contributed by atoms with Crippen LogP contribution in [0.25, 0.3) is 0 Å². The number of rotatable bonds is 5. The molecule has 1 saturated heterocycles. The van der Waals surface area contributed by atoms with Gasteiger partial charge in [0.05, 0.1) is 10.9 Å². The fourth-order valence-corrected chi connectivity index (χ4v) is 5.74. The molecular weight excluding hydrogens is 398 g/mol. The summed E-state index contributed by atoms with van der Waals surface area (Å²) in [7, 11) is 0. The second-order valence-electron chi connectivity index (χ2n) is 7.86. The highest BCUT2D eigenvalue weighted by atomic mass is 32.1. The predicted octanol–water partition coefficient (Wildman–Crippen LogP) is 5.90. The Hall–Kier alpha value is -2.02. The van der Waals surface area contributed by atoms with E-state index in [-0.39, 0.29) is 11.9 Å². The Morgan fingerprint density at radius 2 is 1.93 bits per heavy atom. The van der Waals surface area contributed by atoms with Gasteiger partial charge in [-0.2, -0.15) is 0 Å². The molecule has 0 unspecified atom stereocenters. The molecule has 0 spiro atoms. The van der Waals surface area contributed by atoms with E-state index in [2.05, 4.69) is 48.1 Å². The highest BCUT2D eigenvalue weighted by Gasteiger charge is 2.31. The Morgan fingerprint density at radius 1 is 1.21 bits per heavy atom. The summed E-state index contributed by atoms with van der Waals surface area (Å²) in [5.41, 5.74) is 3.75. The summed E-state index contributed by atoms with van der Waals surface area (Å²) in [6.07, 6.45) is 6.15. The first-order valence-electron chi connectivity index (χ1n) is 10.1. The van der Waals surface area contributed by atoms with Gasteiger partial charge in [0.15, 0.2) is 0 Å². The van der Waals surface area contributed by atoms with Crippen LogP contribution in [-0.2, 0) is 0 Å². The van der Waals surface area contributed by atoms with Gasteiger partial charge in [-0.05, 0) is 80.4 Å². The van der Waals surface area contributed by atoms with E-state index >= 15 is 0 Å². The summed E-state index contributed by atoms with van der Waals surface area (Å²) < 4.78 is 0. The molecule has 1 aliphatic heterocycles. The summed E-state index contributed by atoms with van der Waals surface area (Å²) >= 11 is 3.16. The molecule has 1 amide bonds. The summed E-state index contributed by atoms with van der Waals surface area (Å²) in [4.78, 5) is 21.6. The molecule has 6 heteroatoms. The van der Waals surface area contributed by atoms with Gasteiger partial charge >= 0.3 is 0 Å². The number of aromatic nitrogens is 1. The number of nitrogens with zero attached hydrogens (tertiary/aromatic N) is 2. The second kappa shape index (κ2) is 8.78. The molecule has 4 nitrogen and oxygen atoms in total. The fraction of sp³-hybridized carbons (Fsp3) is 0.391. The van der Waals surface area contributed by atoms with Gasteiger partial charge in [-0.25, -0.2) is 0 Å². The first kappa shape index (κ1) is 20.3. The molecule has 1 aliphatic rings. The third-order valence-corrected chi connectivity index (χ3v) is 7.89. The van der Waals surface area contributed by atoms with Gasteiger partial charge in [-0.3, -0.25) is 14.7 Å². The quantitative estimate of drug-likeness (QED) is 0.554. The lowest BCUT2D eigenvalue weighted by Crippen LogP contribution is -2.37. The molecule has 1 fully saturated rings. The zero-order valence-corrected chi connectivity index (χ0v) is 18.8. The van der Waals surface area contributed by atoms with Crippen molar-refractivity contribution in [1.82, 2.24) is 9.88 Å². The molecule has 0 radical (unpaired) electrons. The van der Waals surface area contributed by atoms with E-state index in [9.17, 15) is 4.79 Å². The van der Waals surface area contributed by atoms with Crippen molar-refractivity contribution in [3.63, 3.8) is 0 Å². The number of nitrogens with one attached hydrogen (secondary N) is 1. The van der Waals surface area contributed by atoms with Gasteiger partial charge in [0.2, 0.25) is 0 Å². The summed E-state index contributed by atoms with van der Waals surface area (Å²) in [5.74, 6) is 0.746. The minimum atomic E-state index is -0.0248. The molecule has 4 heterocycles. The minimum absolute atomic E-state index is 0.0248. The first-order valence-corrected chi connectivity index (χ1v) is 11.8. The number of hydrogen-bond donors (Lipinski definition) is 1. The SMILES string of the molecule is Cc1sc(NC(=O)c2cccs2)c([C@@H](c2ccncc2)N2CCC(C)CC2)c1C. The Morgan fingerprint density at radius 3 is 2.59 bits per heavy atom. The highest BCUT2D eigenvalue weighted by Crippen LogP contribution is 2.43. The monoisotopic (exact) mass is 425 g/mol. The van der Waals surface area contributed by atoms with Crippen molar-refractivity contribution < 1.29 is 4.79 Å². The maximum absolute atomic E-state index is 12.8. The average molecular weight is 426 g/mol. The van der Waals surface area contributed by atoms with Crippen LogP contribution in [0.3, 0.4) is 0 Å². The van der Waals surface area contributed by atoms with Crippen molar-refractivity contribution in [2.75, 3.05) is 18.4 Å². The number of likely N-dealkylation sites (tertiary alicyclic amines) is 1. The Labute approximate surface area is 180 Å². The lowest BCUT2D eigenvalue weighted by molar-refractivity contribution is 0.103. The number of hydrogen-bond acceptors (Lipinski definition) is 5. The molecule has 1 N–H and O–H groups in total. The number of pyridine rings is 1. The van der Waals surface area contributed by atoms with Gasteiger partial charge < -0.3 is 5.32 Å². The van der Waals surface area contributed by atoms with Crippen molar-refractivity contribution in [3.8, 4) is 0 Å². The van der Waals surface area contributed by atoms with E-state index in [1.807, 2.05) is 29.9 Å². The molecule has 29 heavy (non-hydrogen) atoms. The van der Waals surface area contributed by atoms with Crippen LogP contribution in [0.5, 0.6) is 0 Å². The summed E-state index contributed by atoms with van der Waals surface area (Å²) in [6, 6.07) is 8.15. The molecule has 152 valence electrons. The molecule has 0 aliphatic carbocycles. The van der Waals surface area contributed by atoms with Crippen LogP contribution in [0.4, 0.5) is 5.00 Å². The molecular formula is C23H27N3OS2. The van der Waals surface area contributed by atoms with Gasteiger partial charge in [-0.15, -0.1) is 22.7 Å². The zero-order valence-electron chi connectivity index (χ0n) is 17.1. The average Bonchev–Trinajstić information content (AvgIpc) is 3.35. The van der Waals surface area contributed by atoms with Crippen LogP contribution >= 0.6 is 22.7 Å². The number of carbonyl (C=O) groups is 1. The van der Waals surface area contributed by atoms with E-state index < -0.39 is 0 Å². The molecule has 0 aromatic carbocycles. The van der Waals surface area contributed by atoms with E-state index in [1.165, 1.54) is 45.7 Å². The smallest absolute Gasteiger partial charge is 0.266 e. The number of carbonyl (C=O) groups excluding carboxylic acids is 1. The Balaban J connectivity index is 1.75. The van der Waals surface area contributed by atoms with Crippen LogP contribution < -0.4 is 5.32 Å². The lowest BCUT2D eigenvalue weighted by atomic mass is 9.91. The van der Waals surface area contributed by atoms with Crippen molar-refractivity contribution >= 4 is 33.6 Å². The van der Waals surface area contributed by atoms with Gasteiger partial charge in [0.1, 0.15) is 5.00 Å². The van der Waals surface area contributed by atoms with E-state index in [0.29, 0.717) is 0 Å². The van der Waals surface area contributed by atoms with E-state index in [1.54, 1.807) is 11.3 Å². The normalized spacial score (nSPS) is 16.7. The number of aryl methyl sites for hydroxylation is 1.